The largest absolute Gasteiger partial charge is 0.469 e. The minimum Gasteiger partial charge on any atom is -0.469 e. The maximum atomic E-state index is 15.0. The molecule has 9 heteroatoms. The Balaban J connectivity index is 1.59. The van der Waals surface area contributed by atoms with Crippen LogP contribution in [0.25, 0.3) is 22.0 Å². The van der Waals surface area contributed by atoms with E-state index in [0.29, 0.717) is 40.3 Å². The molecule has 0 saturated heterocycles. The van der Waals surface area contributed by atoms with Crippen molar-refractivity contribution in [2.45, 2.75) is 51.9 Å². The molecule has 4 rings (SSSR count). The SMILES string of the molecule is COC(=O)C[C@@H]1CCC[C@H](C(=O)Nc2cc(-c3cc(F)c4nn(C)c(C(C)C)c4c3)c(Cl)cn2)C1. The Morgan fingerprint density at radius 2 is 2.06 bits per heavy atom. The lowest BCUT2D eigenvalue weighted by Gasteiger charge is -2.27. The van der Waals surface area contributed by atoms with E-state index in [1.807, 2.05) is 27.0 Å². The van der Waals surface area contributed by atoms with Crippen LogP contribution in [-0.4, -0.2) is 33.8 Å². The number of rotatable bonds is 6. The zero-order valence-corrected chi connectivity index (χ0v) is 21.2. The summed E-state index contributed by atoms with van der Waals surface area (Å²) in [6, 6.07) is 4.96. The first-order valence-corrected chi connectivity index (χ1v) is 12.3. The predicted octanol–water partition coefficient (Wildman–Crippen LogP) is 5.86. The summed E-state index contributed by atoms with van der Waals surface area (Å²) in [7, 11) is 3.18. The van der Waals surface area contributed by atoms with Gasteiger partial charge in [-0.2, -0.15) is 5.10 Å². The highest BCUT2D eigenvalue weighted by Crippen LogP contribution is 2.36. The van der Waals surface area contributed by atoms with Crippen molar-refractivity contribution in [2.75, 3.05) is 12.4 Å². The number of methoxy groups -OCH3 is 1. The number of anilines is 1. The Kier molecular flexibility index (Phi) is 7.40. The van der Waals surface area contributed by atoms with Gasteiger partial charge >= 0.3 is 5.97 Å². The molecule has 0 radical (unpaired) electrons. The van der Waals surface area contributed by atoms with E-state index in [4.69, 9.17) is 16.3 Å². The first-order chi connectivity index (χ1) is 16.7. The second-order valence-corrected chi connectivity index (χ2v) is 9.97. The Labute approximate surface area is 209 Å². The van der Waals surface area contributed by atoms with Crippen LogP contribution in [-0.2, 0) is 21.4 Å². The second kappa shape index (κ2) is 10.3. The monoisotopic (exact) mass is 500 g/mol. The van der Waals surface area contributed by atoms with E-state index >= 15 is 0 Å². The molecule has 2 heterocycles. The van der Waals surface area contributed by atoms with E-state index in [1.54, 1.807) is 10.7 Å². The van der Waals surface area contributed by atoms with Crippen LogP contribution in [0.4, 0.5) is 10.2 Å². The van der Waals surface area contributed by atoms with Gasteiger partial charge in [-0.05, 0) is 54.9 Å². The first kappa shape index (κ1) is 25.1. The van der Waals surface area contributed by atoms with Gasteiger partial charge in [0.25, 0.3) is 0 Å². The Morgan fingerprint density at radius 3 is 2.77 bits per heavy atom. The Hall–Kier alpha value is -3.00. The van der Waals surface area contributed by atoms with E-state index in [2.05, 4.69) is 15.4 Å². The van der Waals surface area contributed by atoms with E-state index < -0.39 is 5.82 Å². The maximum Gasteiger partial charge on any atom is 0.305 e. The summed E-state index contributed by atoms with van der Waals surface area (Å²) in [6.07, 6.45) is 4.95. The predicted molar refractivity (Wildman–Crippen MR) is 134 cm³/mol. The number of carbonyl (C=O) groups is 2. The molecule has 1 aliphatic rings. The fourth-order valence-corrected chi connectivity index (χ4v) is 5.32. The fraction of sp³-hybridized carbons (Fsp3) is 0.462. The van der Waals surface area contributed by atoms with Crippen molar-refractivity contribution in [1.82, 2.24) is 14.8 Å². The molecule has 0 bridgehead atoms. The number of pyridine rings is 1. The lowest BCUT2D eigenvalue weighted by atomic mass is 9.79. The van der Waals surface area contributed by atoms with Crippen molar-refractivity contribution in [3.63, 3.8) is 0 Å². The highest BCUT2D eigenvalue weighted by molar-refractivity contribution is 6.33. The maximum absolute atomic E-state index is 15.0. The number of carbonyl (C=O) groups excluding carboxylic acids is 2. The molecule has 2 aromatic heterocycles. The Morgan fingerprint density at radius 1 is 1.29 bits per heavy atom. The molecule has 35 heavy (non-hydrogen) atoms. The third-order valence-electron chi connectivity index (χ3n) is 6.74. The van der Waals surface area contributed by atoms with Crippen molar-refractivity contribution in [1.29, 1.82) is 0 Å². The lowest BCUT2D eigenvalue weighted by molar-refractivity contribution is -0.142. The van der Waals surface area contributed by atoms with E-state index in [1.165, 1.54) is 19.4 Å². The van der Waals surface area contributed by atoms with E-state index in [0.717, 1.165) is 30.3 Å². The number of aryl methyl sites for hydroxylation is 1. The molecule has 0 aliphatic heterocycles. The lowest BCUT2D eigenvalue weighted by Crippen LogP contribution is -2.29. The molecule has 0 unspecified atom stereocenters. The smallest absolute Gasteiger partial charge is 0.305 e. The van der Waals surface area contributed by atoms with E-state index in [9.17, 15) is 14.0 Å². The minimum absolute atomic E-state index is 0.130. The molecule has 1 saturated carbocycles. The molecule has 0 spiro atoms. The average Bonchev–Trinajstić information content (AvgIpc) is 3.17. The van der Waals surface area contributed by atoms with Gasteiger partial charge in [0.05, 0.1) is 12.1 Å². The second-order valence-electron chi connectivity index (χ2n) is 9.57. The van der Waals surface area contributed by atoms with Gasteiger partial charge in [0.1, 0.15) is 11.3 Å². The average molecular weight is 501 g/mol. The summed E-state index contributed by atoms with van der Waals surface area (Å²) in [5.74, 6) is -0.407. The molecule has 186 valence electrons. The number of aromatic nitrogens is 3. The van der Waals surface area contributed by atoms with Crippen molar-refractivity contribution < 1.29 is 18.7 Å². The van der Waals surface area contributed by atoms with Crippen molar-refractivity contribution in [3.05, 3.63) is 40.9 Å². The number of fused-ring (bicyclic) bond motifs is 1. The topological polar surface area (TPSA) is 86.1 Å². The van der Waals surface area contributed by atoms with Crippen LogP contribution in [0.3, 0.4) is 0 Å². The first-order valence-electron chi connectivity index (χ1n) is 11.9. The summed E-state index contributed by atoms with van der Waals surface area (Å²) < 4.78 is 21.5. The quantitative estimate of drug-likeness (QED) is 0.428. The van der Waals surface area contributed by atoms with Gasteiger partial charge in [-0.3, -0.25) is 14.3 Å². The highest BCUT2D eigenvalue weighted by Gasteiger charge is 2.29. The van der Waals surface area contributed by atoms with Crippen LogP contribution >= 0.6 is 11.6 Å². The fourth-order valence-electron chi connectivity index (χ4n) is 5.10. The Bertz CT molecular complexity index is 1270. The normalized spacial score (nSPS) is 18.1. The number of nitrogens with one attached hydrogen (secondary N) is 1. The molecule has 1 aliphatic carbocycles. The molecule has 1 aromatic carbocycles. The van der Waals surface area contributed by atoms with Crippen molar-refractivity contribution in [2.24, 2.45) is 18.9 Å². The van der Waals surface area contributed by atoms with Gasteiger partial charge in [0.15, 0.2) is 5.82 Å². The summed E-state index contributed by atoms with van der Waals surface area (Å²) in [6.45, 7) is 4.07. The summed E-state index contributed by atoms with van der Waals surface area (Å²) in [4.78, 5) is 28.9. The molecule has 1 N–H and O–H groups in total. The number of ether oxygens (including phenoxy) is 1. The van der Waals surface area contributed by atoms with Gasteiger partial charge in [-0.1, -0.05) is 31.9 Å². The number of hydrogen-bond acceptors (Lipinski definition) is 5. The molecular formula is C26H30ClFN4O3. The van der Waals surface area contributed by atoms with Crippen LogP contribution in [0, 0.1) is 17.7 Å². The van der Waals surface area contributed by atoms with Gasteiger partial charge in [-0.25, -0.2) is 9.37 Å². The molecule has 1 fully saturated rings. The van der Waals surface area contributed by atoms with Crippen LogP contribution in [0.15, 0.2) is 24.4 Å². The summed E-state index contributed by atoms with van der Waals surface area (Å²) in [5.41, 5.74) is 2.41. The van der Waals surface area contributed by atoms with Gasteiger partial charge in [0, 0.05) is 42.2 Å². The number of amides is 1. The third-order valence-corrected chi connectivity index (χ3v) is 7.04. The number of hydrogen-bond donors (Lipinski definition) is 1. The highest BCUT2D eigenvalue weighted by atomic mass is 35.5. The zero-order valence-electron chi connectivity index (χ0n) is 20.4. The minimum atomic E-state index is -0.433. The van der Waals surface area contributed by atoms with Crippen molar-refractivity contribution >= 4 is 40.2 Å². The zero-order chi connectivity index (χ0) is 25.3. The van der Waals surface area contributed by atoms with Crippen LogP contribution in [0.1, 0.15) is 57.6 Å². The molecular weight excluding hydrogens is 471 g/mol. The number of halogens is 2. The summed E-state index contributed by atoms with van der Waals surface area (Å²) in [5, 5.41) is 8.31. The van der Waals surface area contributed by atoms with Crippen LogP contribution in [0.2, 0.25) is 5.02 Å². The molecule has 3 aromatic rings. The van der Waals surface area contributed by atoms with Gasteiger partial charge < -0.3 is 10.1 Å². The third kappa shape index (κ3) is 5.32. The van der Waals surface area contributed by atoms with Crippen LogP contribution < -0.4 is 5.32 Å². The molecule has 1 amide bonds. The van der Waals surface area contributed by atoms with Crippen molar-refractivity contribution in [3.8, 4) is 11.1 Å². The number of esters is 1. The van der Waals surface area contributed by atoms with Crippen LogP contribution in [0.5, 0.6) is 0 Å². The summed E-state index contributed by atoms with van der Waals surface area (Å²) >= 11 is 6.45. The standard InChI is InChI=1S/C26H30ClFN4O3/c1-14(2)25-19-10-17(11-21(28)24(19)31-32(25)3)18-12-22(29-13-20(18)27)30-26(34)16-7-5-6-15(8-16)9-23(33)35-4/h10-16H,5-9H2,1-4H3,(H,29,30,34)/t15-,16+/m1/s1. The number of nitrogens with zero attached hydrogens (tertiary/aromatic N) is 3. The van der Waals surface area contributed by atoms with Gasteiger partial charge in [-0.15, -0.1) is 0 Å². The molecule has 7 nitrogen and oxygen atoms in total. The number of benzene rings is 1. The van der Waals surface area contributed by atoms with E-state index in [-0.39, 0.29) is 29.6 Å². The molecule has 2 atom stereocenters. The van der Waals surface area contributed by atoms with Gasteiger partial charge in [0.2, 0.25) is 5.91 Å².